The predicted octanol–water partition coefficient (Wildman–Crippen LogP) is 2.22. The molecule has 0 fully saturated rings. The number of hydrogen-bond acceptors (Lipinski definition) is 2. The van der Waals surface area contributed by atoms with Crippen LogP contribution in [0.3, 0.4) is 0 Å². The van der Waals surface area contributed by atoms with Crippen LogP contribution in [-0.4, -0.2) is 12.6 Å². The van der Waals surface area contributed by atoms with E-state index < -0.39 is 0 Å². The highest BCUT2D eigenvalue weighted by Crippen LogP contribution is 2.20. The lowest BCUT2D eigenvalue weighted by Gasteiger charge is -2.01. The Labute approximate surface area is 72.9 Å². The molecule has 0 unspecified atom stereocenters. The maximum absolute atomic E-state index is 11.0. The average Bonchev–Trinajstić information content (AvgIpc) is 2.53. The number of carbonyl (C=O) groups excluding carboxylic acids is 1. The average molecular weight is 166 g/mol. The number of ether oxygens (including phenoxy) is 1. The van der Waals surface area contributed by atoms with Crippen LogP contribution in [0.4, 0.5) is 0 Å². The van der Waals surface area contributed by atoms with Gasteiger partial charge in [-0.1, -0.05) is 24.3 Å². The van der Waals surface area contributed by atoms with Crippen molar-refractivity contribution in [2.45, 2.75) is 25.7 Å². The Bertz CT molecular complexity index is 204. The van der Waals surface area contributed by atoms with Crippen molar-refractivity contribution in [2.75, 3.05) is 6.61 Å². The predicted molar refractivity (Wildman–Crippen MR) is 47.7 cm³/mol. The summed E-state index contributed by atoms with van der Waals surface area (Å²) in [5, 5.41) is 0. The van der Waals surface area contributed by atoms with Crippen LogP contribution < -0.4 is 0 Å². The largest absolute Gasteiger partial charge is 0.461 e. The zero-order valence-corrected chi connectivity index (χ0v) is 7.21. The summed E-state index contributed by atoms with van der Waals surface area (Å²) in [5.41, 5.74) is 1.23. The smallest absolute Gasteiger partial charge is 0.310 e. The quantitative estimate of drug-likeness (QED) is 0.473. The van der Waals surface area contributed by atoms with Gasteiger partial charge in [0.05, 0.1) is 6.42 Å². The summed E-state index contributed by atoms with van der Waals surface area (Å²) in [6.07, 6.45) is 7.54. The first-order valence-corrected chi connectivity index (χ1v) is 4.27. The molecule has 0 aliphatic heterocycles. The van der Waals surface area contributed by atoms with Crippen molar-refractivity contribution in [3.05, 3.63) is 24.3 Å². The van der Waals surface area contributed by atoms with Crippen molar-refractivity contribution in [3.63, 3.8) is 0 Å². The van der Waals surface area contributed by atoms with Crippen LogP contribution >= 0.6 is 0 Å². The van der Waals surface area contributed by atoms with Gasteiger partial charge in [-0.2, -0.15) is 0 Å². The lowest BCUT2D eigenvalue weighted by atomic mass is 10.2. The van der Waals surface area contributed by atoms with Crippen LogP contribution in [0, 0.1) is 0 Å². The Morgan fingerprint density at radius 3 is 3.17 bits per heavy atom. The third-order valence-corrected chi connectivity index (χ3v) is 1.87. The molecule has 0 atom stereocenters. The van der Waals surface area contributed by atoms with Crippen molar-refractivity contribution >= 4 is 5.97 Å². The molecular weight excluding hydrogens is 152 g/mol. The van der Waals surface area contributed by atoms with Gasteiger partial charge in [0.25, 0.3) is 0 Å². The molecule has 0 saturated carbocycles. The molecule has 0 amide bonds. The van der Waals surface area contributed by atoms with Crippen molar-refractivity contribution < 1.29 is 9.53 Å². The highest BCUT2D eigenvalue weighted by molar-refractivity contribution is 5.72. The Morgan fingerprint density at radius 2 is 2.58 bits per heavy atom. The molecule has 0 saturated heterocycles. The molecule has 2 heteroatoms. The van der Waals surface area contributed by atoms with Crippen LogP contribution in [0.5, 0.6) is 0 Å². The number of hydrogen-bond donors (Lipinski definition) is 0. The number of esters is 1. The summed E-state index contributed by atoms with van der Waals surface area (Å²) in [7, 11) is 0. The van der Waals surface area contributed by atoms with E-state index >= 15 is 0 Å². The molecular formula is C10H14O2. The molecule has 0 heterocycles. The zero-order valence-electron chi connectivity index (χ0n) is 7.21. The van der Waals surface area contributed by atoms with Gasteiger partial charge >= 0.3 is 5.97 Å². The monoisotopic (exact) mass is 166 g/mol. The Hall–Kier alpha value is -1.05. The third-order valence-electron chi connectivity index (χ3n) is 1.87. The van der Waals surface area contributed by atoms with Crippen LogP contribution in [0.15, 0.2) is 24.3 Å². The molecule has 0 bridgehead atoms. The maximum atomic E-state index is 11.0. The van der Waals surface area contributed by atoms with Crippen LogP contribution in [0.1, 0.15) is 25.7 Å². The fraction of sp³-hybridized carbons (Fsp3) is 0.500. The van der Waals surface area contributed by atoms with E-state index in [1.54, 1.807) is 6.08 Å². The van der Waals surface area contributed by atoms with Gasteiger partial charge in [-0.3, -0.25) is 4.79 Å². The Balaban J connectivity index is 2.21. The molecule has 12 heavy (non-hydrogen) atoms. The maximum Gasteiger partial charge on any atom is 0.310 e. The van der Waals surface area contributed by atoms with Gasteiger partial charge in [0.2, 0.25) is 0 Å². The fourth-order valence-corrected chi connectivity index (χ4v) is 1.29. The van der Waals surface area contributed by atoms with Crippen LogP contribution in [0.25, 0.3) is 0 Å². The van der Waals surface area contributed by atoms with Gasteiger partial charge in [-0.05, 0) is 19.3 Å². The minimum Gasteiger partial charge on any atom is -0.461 e. The molecule has 1 rings (SSSR count). The van der Waals surface area contributed by atoms with Gasteiger partial charge in [0.1, 0.15) is 6.61 Å². The first kappa shape index (κ1) is 9.04. The summed E-state index contributed by atoms with van der Waals surface area (Å²) in [4.78, 5) is 11.0. The Kier molecular flexibility index (Phi) is 3.58. The molecule has 0 aromatic rings. The van der Waals surface area contributed by atoms with Gasteiger partial charge in [0.15, 0.2) is 0 Å². The SMILES string of the molecule is C=CCOC(=O)CC1=CCCC1. The van der Waals surface area contributed by atoms with Crippen molar-refractivity contribution in [1.82, 2.24) is 0 Å². The van der Waals surface area contributed by atoms with E-state index in [-0.39, 0.29) is 5.97 Å². The van der Waals surface area contributed by atoms with E-state index in [1.807, 2.05) is 0 Å². The third kappa shape index (κ3) is 2.91. The van der Waals surface area contributed by atoms with Crippen LogP contribution in [-0.2, 0) is 9.53 Å². The summed E-state index contributed by atoms with van der Waals surface area (Å²) >= 11 is 0. The standard InChI is InChI=1S/C10H14O2/c1-2-7-12-10(11)8-9-5-3-4-6-9/h2,5H,1,3-4,6-8H2. The highest BCUT2D eigenvalue weighted by Gasteiger charge is 2.09. The van der Waals surface area contributed by atoms with Gasteiger partial charge in [-0.15, -0.1) is 0 Å². The highest BCUT2D eigenvalue weighted by atomic mass is 16.5. The summed E-state index contributed by atoms with van der Waals surface area (Å²) in [6, 6.07) is 0. The van der Waals surface area contributed by atoms with E-state index in [1.165, 1.54) is 12.0 Å². The minimum atomic E-state index is -0.136. The van der Waals surface area contributed by atoms with E-state index in [2.05, 4.69) is 12.7 Å². The first-order chi connectivity index (χ1) is 5.83. The molecule has 66 valence electrons. The molecule has 0 spiro atoms. The second-order valence-corrected chi connectivity index (χ2v) is 2.90. The molecule has 0 N–H and O–H groups in total. The number of rotatable bonds is 4. The number of allylic oxidation sites excluding steroid dienone is 1. The molecule has 0 aromatic carbocycles. The van der Waals surface area contributed by atoms with E-state index in [0.29, 0.717) is 13.0 Å². The van der Waals surface area contributed by atoms with Crippen molar-refractivity contribution in [2.24, 2.45) is 0 Å². The molecule has 1 aliphatic carbocycles. The van der Waals surface area contributed by atoms with Gasteiger partial charge in [-0.25, -0.2) is 0 Å². The van der Waals surface area contributed by atoms with E-state index in [0.717, 1.165) is 12.8 Å². The molecule has 2 nitrogen and oxygen atoms in total. The summed E-state index contributed by atoms with van der Waals surface area (Å²) in [6.45, 7) is 3.80. The van der Waals surface area contributed by atoms with E-state index in [4.69, 9.17) is 4.74 Å². The molecule has 0 aromatic heterocycles. The lowest BCUT2D eigenvalue weighted by Crippen LogP contribution is -2.04. The normalized spacial score (nSPS) is 15.5. The number of carbonyl (C=O) groups is 1. The lowest BCUT2D eigenvalue weighted by molar-refractivity contribution is -0.141. The summed E-state index contributed by atoms with van der Waals surface area (Å²) < 4.78 is 4.86. The molecule has 1 aliphatic rings. The van der Waals surface area contributed by atoms with Gasteiger partial charge in [0, 0.05) is 0 Å². The second kappa shape index (κ2) is 4.75. The Morgan fingerprint density at radius 1 is 1.75 bits per heavy atom. The minimum absolute atomic E-state index is 0.136. The van der Waals surface area contributed by atoms with Gasteiger partial charge < -0.3 is 4.74 Å². The van der Waals surface area contributed by atoms with E-state index in [9.17, 15) is 4.79 Å². The zero-order chi connectivity index (χ0) is 8.81. The van der Waals surface area contributed by atoms with Crippen LogP contribution in [0.2, 0.25) is 0 Å². The second-order valence-electron chi connectivity index (χ2n) is 2.90. The first-order valence-electron chi connectivity index (χ1n) is 4.27. The van der Waals surface area contributed by atoms with Crippen molar-refractivity contribution in [1.29, 1.82) is 0 Å². The van der Waals surface area contributed by atoms with Crippen molar-refractivity contribution in [3.8, 4) is 0 Å². The molecule has 0 radical (unpaired) electrons. The summed E-state index contributed by atoms with van der Waals surface area (Å²) in [5.74, 6) is -0.136. The topological polar surface area (TPSA) is 26.3 Å². The fourth-order valence-electron chi connectivity index (χ4n) is 1.29.